The highest BCUT2D eigenvalue weighted by Gasteiger charge is 2.27. The molecule has 0 saturated carbocycles. The zero-order valence-corrected chi connectivity index (χ0v) is 18.8. The van der Waals surface area contributed by atoms with Crippen molar-refractivity contribution >= 4 is 36.3 Å². The number of nitrogens with one attached hydrogen (secondary N) is 1. The third-order valence-electron chi connectivity index (χ3n) is 4.45. The number of rotatable bonds is 6. The molecule has 2 heterocycles. The number of carbonyl (C=O) groups is 2. The van der Waals surface area contributed by atoms with Gasteiger partial charge < -0.3 is 15.3 Å². The molecule has 1 saturated heterocycles. The first-order valence-electron chi connectivity index (χ1n) is 9.54. The Bertz CT molecular complexity index is 800. The van der Waals surface area contributed by atoms with Crippen molar-refractivity contribution in [3.63, 3.8) is 0 Å². The fourth-order valence-corrected chi connectivity index (χ4v) is 3.91. The maximum absolute atomic E-state index is 11.6. The molecular formula is C21H29N3O3S2. The number of aliphatic hydroxyl groups is 1. The summed E-state index contributed by atoms with van der Waals surface area (Å²) in [6.07, 6.45) is 1.52. The molecule has 2 N–H and O–H groups in total. The van der Waals surface area contributed by atoms with E-state index in [1.807, 2.05) is 38.4 Å². The Hall–Kier alpha value is -1.90. The molecule has 158 valence electrons. The van der Waals surface area contributed by atoms with Crippen LogP contribution in [0, 0.1) is 6.92 Å². The Balaban J connectivity index is 0.000000212. The first kappa shape index (κ1) is 23.4. The van der Waals surface area contributed by atoms with Crippen molar-refractivity contribution in [1.29, 1.82) is 0 Å². The van der Waals surface area contributed by atoms with E-state index in [1.165, 1.54) is 10.4 Å². The van der Waals surface area contributed by atoms with Crippen LogP contribution in [0.25, 0.3) is 10.4 Å². The summed E-state index contributed by atoms with van der Waals surface area (Å²) in [6, 6.07) is 8.15. The molecule has 8 heteroatoms. The lowest BCUT2D eigenvalue weighted by molar-refractivity contribution is -0.130. The van der Waals surface area contributed by atoms with E-state index < -0.39 is 0 Å². The zero-order chi connectivity index (χ0) is 21.4. The highest BCUT2D eigenvalue weighted by molar-refractivity contribution is 7.81. The SMILES string of the molecule is CC(C)(S)CC(=O)N1CCC(O)C1.Cc1ncsc1-c1ccc(CNC=O)cc1. The summed E-state index contributed by atoms with van der Waals surface area (Å²) in [5.41, 5.74) is 5.18. The molecule has 1 aliphatic heterocycles. The minimum absolute atomic E-state index is 0.0940. The molecule has 1 atom stereocenters. The highest BCUT2D eigenvalue weighted by Crippen LogP contribution is 2.27. The van der Waals surface area contributed by atoms with Crippen LogP contribution >= 0.6 is 24.0 Å². The molecule has 3 rings (SSSR count). The van der Waals surface area contributed by atoms with Gasteiger partial charge in [0.2, 0.25) is 12.3 Å². The second-order valence-electron chi connectivity index (χ2n) is 7.73. The lowest BCUT2D eigenvalue weighted by atomic mass is 10.1. The fourth-order valence-electron chi connectivity index (χ4n) is 2.96. The van der Waals surface area contributed by atoms with Crippen molar-refractivity contribution in [2.75, 3.05) is 13.1 Å². The lowest BCUT2D eigenvalue weighted by Crippen LogP contribution is -2.33. The van der Waals surface area contributed by atoms with E-state index in [0.717, 1.165) is 11.3 Å². The Morgan fingerprint density at radius 3 is 2.59 bits per heavy atom. The first-order valence-corrected chi connectivity index (χ1v) is 10.9. The predicted octanol–water partition coefficient (Wildman–Crippen LogP) is 3.04. The van der Waals surface area contributed by atoms with E-state index in [0.29, 0.717) is 38.9 Å². The summed E-state index contributed by atoms with van der Waals surface area (Å²) in [7, 11) is 0. The maximum Gasteiger partial charge on any atom is 0.224 e. The van der Waals surface area contributed by atoms with Crippen LogP contribution in [0.5, 0.6) is 0 Å². The zero-order valence-electron chi connectivity index (χ0n) is 17.1. The molecule has 0 radical (unpaired) electrons. The number of aryl methyl sites for hydroxylation is 1. The van der Waals surface area contributed by atoms with Gasteiger partial charge in [-0.1, -0.05) is 38.1 Å². The standard InChI is InChI=1S/C12H12N2OS.C9H17NO2S/c1-9-12(16-8-14-9)11-4-2-10(3-5-11)6-13-7-15;1-9(2,13)5-8(12)10-4-3-7(11)6-10/h2-5,7-8H,6H2,1H3,(H,13,15);7,11,13H,3-6H2,1-2H3. The molecule has 0 spiro atoms. The van der Waals surface area contributed by atoms with Crippen LogP contribution in [-0.2, 0) is 16.1 Å². The van der Waals surface area contributed by atoms with Crippen molar-refractivity contribution in [2.24, 2.45) is 0 Å². The Morgan fingerprint density at radius 2 is 2.10 bits per heavy atom. The molecule has 2 aromatic rings. The Morgan fingerprint density at radius 1 is 1.41 bits per heavy atom. The van der Waals surface area contributed by atoms with Crippen LogP contribution < -0.4 is 5.32 Å². The molecule has 0 aliphatic carbocycles. The van der Waals surface area contributed by atoms with Crippen molar-refractivity contribution in [3.8, 4) is 10.4 Å². The van der Waals surface area contributed by atoms with Crippen LogP contribution in [0.1, 0.15) is 37.9 Å². The van der Waals surface area contributed by atoms with E-state index >= 15 is 0 Å². The van der Waals surface area contributed by atoms with Crippen LogP contribution in [-0.4, -0.2) is 51.2 Å². The largest absolute Gasteiger partial charge is 0.391 e. The van der Waals surface area contributed by atoms with Crippen LogP contribution in [0.4, 0.5) is 0 Å². The summed E-state index contributed by atoms with van der Waals surface area (Å²) < 4.78 is -0.259. The molecule has 29 heavy (non-hydrogen) atoms. The molecule has 6 nitrogen and oxygen atoms in total. The van der Waals surface area contributed by atoms with Gasteiger partial charge in [0.25, 0.3) is 0 Å². The van der Waals surface area contributed by atoms with Gasteiger partial charge in [-0.3, -0.25) is 9.59 Å². The molecule has 1 fully saturated rings. The number of aromatic nitrogens is 1. The molecule has 0 bridgehead atoms. The summed E-state index contributed by atoms with van der Waals surface area (Å²) in [5.74, 6) is 0.0940. The van der Waals surface area contributed by atoms with Gasteiger partial charge in [-0.05, 0) is 24.5 Å². The molecule has 2 amide bonds. The molecule has 1 aliphatic rings. The average Bonchev–Trinajstić information content (AvgIpc) is 3.28. The van der Waals surface area contributed by atoms with Gasteiger partial charge in [0.15, 0.2) is 0 Å². The Labute approximate surface area is 181 Å². The number of β-amino-alcohol motifs (C(OH)–C–C–N with tert-alkyl or cyclic N) is 1. The summed E-state index contributed by atoms with van der Waals surface area (Å²) in [6.45, 7) is 7.59. The van der Waals surface area contributed by atoms with Crippen molar-refractivity contribution in [1.82, 2.24) is 15.2 Å². The third kappa shape index (κ3) is 7.79. The topological polar surface area (TPSA) is 82.5 Å². The van der Waals surface area contributed by atoms with E-state index in [4.69, 9.17) is 0 Å². The fraction of sp³-hybridized carbons (Fsp3) is 0.476. The van der Waals surface area contributed by atoms with Crippen molar-refractivity contribution in [2.45, 2.75) is 51.0 Å². The number of thiol groups is 1. The summed E-state index contributed by atoms with van der Waals surface area (Å²) in [5, 5.41) is 11.9. The van der Waals surface area contributed by atoms with Gasteiger partial charge in [0, 0.05) is 30.8 Å². The van der Waals surface area contributed by atoms with Crippen LogP contribution in [0.15, 0.2) is 29.8 Å². The number of aliphatic hydroxyl groups excluding tert-OH is 1. The predicted molar refractivity (Wildman–Crippen MR) is 120 cm³/mol. The molecular weight excluding hydrogens is 406 g/mol. The molecule has 1 aromatic carbocycles. The number of thiazole rings is 1. The number of carbonyl (C=O) groups excluding carboxylic acids is 2. The monoisotopic (exact) mass is 435 g/mol. The normalized spacial score (nSPS) is 16.2. The number of benzene rings is 1. The van der Waals surface area contributed by atoms with E-state index in [1.54, 1.807) is 16.2 Å². The number of likely N-dealkylation sites (tertiary alicyclic amines) is 1. The second-order valence-corrected chi connectivity index (χ2v) is 9.80. The number of hydrogen-bond donors (Lipinski definition) is 3. The van der Waals surface area contributed by atoms with Crippen molar-refractivity contribution in [3.05, 3.63) is 41.0 Å². The number of nitrogens with zero attached hydrogens (tertiary/aromatic N) is 2. The minimum atomic E-state index is -0.327. The first-order chi connectivity index (χ1) is 13.7. The summed E-state index contributed by atoms with van der Waals surface area (Å²) >= 11 is 5.94. The number of amides is 2. The van der Waals surface area contributed by atoms with Crippen LogP contribution in [0.3, 0.4) is 0 Å². The second kappa shape index (κ2) is 10.8. The highest BCUT2D eigenvalue weighted by atomic mass is 32.1. The van der Waals surface area contributed by atoms with E-state index in [-0.39, 0.29) is 16.8 Å². The van der Waals surface area contributed by atoms with Gasteiger partial charge in [0.05, 0.1) is 22.2 Å². The lowest BCUT2D eigenvalue weighted by Gasteiger charge is -2.21. The third-order valence-corrected chi connectivity index (χ3v) is 5.59. The average molecular weight is 436 g/mol. The van der Waals surface area contributed by atoms with Gasteiger partial charge in [0.1, 0.15) is 0 Å². The number of hydrogen-bond acceptors (Lipinski definition) is 6. The van der Waals surface area contributed by atoms with E-state index in [2.05, 4.69) is 35.1 Å². The maximum atomic E-state index is 11.6. The quantitative estimate of drug-likeness (QED) is 0.481. The van der Waals surface area contributed by atoms with Crippen LogP contribution in [0.2, 0.25) is 0 Å². The molecule has 1 aromatic heterocycles. The van der Waals surface area contributed by atoms with Crippen molar-refractivity contribution < 1.29 is 14.7 Å². The van der Waals surface area contributed by atoms with Gasteiger partial charge in [-0.15, -0.1) is 11.3 Å². The molecule has 1 unspecified atom stereocenters. The van der Waals surface area contributed by atoms with Gasteiger partial charge in [-0.25, -0.2) is 4.98 Å². The summed E-state index contributed by atoms with van der Waals surface area (Å²) in [4.78, 5) is 28.9. The van der Waals surface area contributed by atoms with Gasteiger partial charge >= 0.3 is 0 Å². The van der Waals surface area contributed by atoms with E-state index in [9.17, 15) is 14.7 Å². The minimum Gasteiger partial charge on any atom is -0.391 e. The van der Waals surface area contributed by atoms with Gasteiger partial charge in [-0.2, -0.15) is 12.6 Å². The smallest absolute Gasteiger partial charge is 0.224 e. The Kier molecular flexibility index (Phi) is 8.67.